The van der Waals surface area contributed by atoms with Gasteiger partial charge in [0.05, 0.1) is 17.9 Å². The van der Waals surface area contributed by atoms with E-state index >= 15 is 0 Å². The number of aromatic nitrogens is 1. The molecule has 116 valence electrons. The van der Waals surface area contributed by atoms with E-state index in [9.17, 15) is 0 Å². The van der Waals surface area contributed by atoms with Crippen molar-refractivity contribution < 1.29 is 9.47 Å². The lowest BCUT2D eigenvalue weighted by molar-refractivity contribution is -0.142. The predicted octanol–water partition coefficient (Wildman–Crippen LogP) is 2.92. The lowest BCUT2D eigenvalue weighted by atomic mass is 9.72. The third-order valence-electron chi connectivity index (χ3n) is 4.67. The summed E-state index contributed by atoms with van der Waals surface area (Å²) in [7, 11) is 0. The van der Waals surface area contributed by atoms with E-state index in [2.05, 4.69) is 10.3 Å². The molecule has 1 saturated carbocycles. The lowest BCUT2D eigenvalue weighted by Crippen LogP contribution is -2.47. The molecule has 1 atom stereocenters. The van der Waals surface area contributed by atoms with Crippen molar-refractivity contribution in [2.45, 2.75) is 51.2 Å². The molecule has 1 aromatic heterocycles. The third-order valence-corrected chi connectivity index (χ3v) is 4.67. The molecule has 1 aromatic rings. The van der Waals surface area contributed by atoms with Crippen molar-refractivity contribution in [1.82, 2.24) is 10.3 Å². The van der Waals surface area contributed by atoms with Crippen molar-refractivity contribution in [3.8, 4) is 5.88 Å². The molecular formula is C17H26N2O2. The number of hydrogen-bond acceptors (Lipinski definition) is 4. The van der Waals surface area contributed by atoms with Crippen LogP contribution in [-0.2, 0) is 11.3 Å². The summed E-state index contributed by atoms with van der Waals surface area (Å²) < 4.78 is 11.4. The van der Waals surface area contributed by atoms with Gasteiger partial charge < -0.3 is 14.8 Å². The Morgan fingerprint density at radius 2 is 2.33 bits per heavy atom. The Bertz CT molecular complexity index is 460. The van der Waals surface area contributed by atoms with Crippen LogP contribution >= 0.6 is 0 Å². The molecule has 1 saturated heterocycles. The highest BCUT2D eigenvalue weighted by molar-refractivity contribution is 5.15. The normalized spacial score (nSPS) is 23.8. The maximum atomic E-state index is 5.98. The molecule has 3 rings (SSSR count). The van der Waals surface area contributed by atoms with Gasteiger partial charge in [0, 0.05) is 19.2 Å². The Labute approximate surface area is 127 Å². The average Bonchev–Trinajstić information content (AvgIpc) is 2.47. The van der Waals surface area contributed by atoms with Gasteiger partial charge >= 0.3 is 0 Å². The van der Waals surface area contributed by atoms with E-state index in [0.29, 0.717) is 6.61 Å². The van der Waals surface area contributed by atoms with Crippen molar-refractivity contribution in [3.63, 3.8) is 0 Å². The predicted molar refractivity (Wildman–Crippen MR) is 82.4 cm³/mol. The molecule has 1 spiro atoms. The first-order chi connectivity index (χ1) is 10.3. The molecular weight excluding hydrogens is 264 g/mol. The zero-order valence-electron chi connectivity index (χ0n) is 12.9. The molecule has 4 nitrogen and oxygen atoms in total. The van der Waals surface area contributed by atoms with Gasteiger partial charge in [-0.05, 0) is 57.6 Å². The monoisotopic (exact) mass is 290 g/mol. The molecule has 0 bridgehead atoms. The van der Waals surface area contributed by atoms with Crippen LogP contribution in [-0.4, -0.2) is 30.3 Å². The molecule has 2 heterocycles. The van der Waals surface area contributed by atoms with Crippen LogP contribution in [0.2, 0.25) is 0 Å². The van der Waals surface area contributed by atoms with Crippen LogP contribution in [0.3, 0.4) is 0 Å². The van der Waals surface area contributed by atoms with E-state index < -0.39 is 0 Å². The summed E-state index contributed by atoms with van der Waals surface area (Å²) in [4.78, 5) is 4.49. The fourth-order valence-electron chi connectivity index (χ4n) is 3.41. The number of rotatable bonds is 6. The van der Waals surface area contributed by atoms with E-state index in [-0.39, 0.29) is 5.60 Å². The zero-order chi connectivity index (χ0) is 14.5. The van der Waals surface area contributed by atoms with Gasteiger partial charge in [0.25, 0.3) is 0 Å². The Kier molecular flexibility index (Phi) is 4.76. The van der Waals surface area contributed by atoms with E-state index in [4.69, 9.17) is 9.47 Å². The fraction of sp³-hybridized carbons (Fsp3) is 0.706. The highest BCUT2D eigenvalue weighted by atomic mass is 16.5. The number of hydrogen-bond donors (Lipinski definition) is 1. The van der Waals surface area contributed by atoms with Crippen molar-refractivity contribution in [1.29, 1.82) is 0 Å². The fourth-order valence-corrected chi connectivity index (χ4v) is 3.41. The zero-order valence-corrected chi connectivity index (χ0v) is 12.9. The topological polar surface area (TPSA) is 43.4 Å². The van der Waals surface area contributed by atoms with E-state index in [1.54, 1.807) is 0 Å². The molecule has 1 aliphatic carbocycles. The van der Waals surface area contributed by atoms with Gasteiger partial charge in [0.2, 0.25) is 5.88 Å². The van der Waals surface area contributed by atoms with Gasteiger partial charge in [0.1, 0.15) is 0 Å². The van der Waals surface area contributed by atoms with E-state index in [0.717, 1.165) is 37.2 Å². The van der Waals surface area contributed by atoms with Crippen LogP contribution < -0.4 is 10.1 Å². The molecule has 2 aliphatic rings. The molecule has 0 aromatic carbocycles. The van der Waals surface area contributed by atoms with Crippen LogP contribution in [0.15, 0.2) is 18.2 Å². The highest BCUT2D eigenvalue weighted by Crippen LogP contribution is 2.43. The number of pyridine rings is 1. The van der Waals surface area contributed by atoms with Gasteiger partial charge in [-0.3, -0.25) is 0 Å². The molecule has 1 N–H and O–H groups in total. The summed E-state index contributed by atoms with van der Waals surface area (Å²) in [5, 5.41) is 3.55. The number of nitrogens with one attached hydrogen (secondary N) is 1. The minimum atomic E-state index is 0.248. The number of ether oxygens (including phenoxy) is 2. The van der Waals surface area contributed by atoms with Crippen molar-refractivity contribution in [2.75, 3.05) is 19.8 Å². The Balaban J connectivity index is 1.44. The minimum Gasteiger partial charge on any atom is -0.478 e. The molecule has 0 radical (unpaired) electrons. The molecule has 0 amide bonds. The summed E-state index contributed by atoms with van der Waals surface area (Å²) in [6.07, 6.45) is 6.28. The first kappa shape index (κ1) is 14.8. The minimum absolute atomic E-state index is 0.248. The summed E-state index contributed by atoms with van der Waals surface area (Å²) in [6, 6.07) is 5.96. The maximum Gasteiger partial charge on any atom is 0.213 e. The van der Waals surface area contributed by atoms with Gasteiger partial charge in [-0.15, -0.1) is 0 Å². The summed E-state index contributed by atoms with van der Waals surface area (Å²) in [6.45, 7) is 5.45. The summed E-state index contributed by atoms with van der Waals surface area (Å²) in [5.41, 5.74) is 1.30. The van der Waals surface area contributed by atoms with Gasteiger partial charge in [-0.25, -0.2) is 4.98 Å². The number of nitrogens with zero attached hydrogens (tertiary/aromatic N) is 1. The summed E-state index contributed by atoms with van der Waals surface area (Å²) in [5.74, 6) is 1.46. The standard InChI is InChI=1S/C17H26N2O2/c1-2-20-16-6-3-5-15(19-16)13-18-12-14-7-10-21-17(11-14)8-4-9-17/h3,5-6,14,18H,2,4,7-13H2,1H3. The van der Waals surface area contributed by atoms with E-state index in [1.807, 2.05) is 25.1 Å². The van der Waals surface area contributed by atoms with Crippen molar-refractivity contribution in [3.05, 3.63) is 23.9 Å². The second-order valence-electron chi connectivity index (χ2n) is 6.27. The molecule has 1 unspecified atom stereocenters. The van der Waals surface area contributed by atoms with Crippen molar-refractivity contribution >= 4 is 0 Å². The largest absolute Gasteiger partial charge is 0.478 e. The SMILES string of the molecule is CCOc1cccc(CNCC2CCOC3(CCC3)C2)n1. The lowest BCUT2D eigenvalue weighted by Gasteiger charge is -2.47. The second kappa shape index (κ2) is 6.75. The smallest absolute Gasteiger partial charge is 0.213 e. The Morgan fingerprint density at radius 1 is 1.43 bits per heavy atom. The van der Waals surface area contributed by atoms with Crippen LogP contribution in [0.1, 0.15) is 44.7 Å². The van der Waals surface area contributed by atoms with Crippen molar-refractivity contribution in [2.24, 2.45) is 5.92 Å². The Morgan fingerprint density at radius 3 is 3.10 bits per heavy atom. The van der Waals surface area contributed by atoms with Crippen LogP contribution in [0.5, 0.6) is 5.88 Å². The Hall–Kier alpha value is -1.13. The quantitative estimate of drug-likeness (QED) is 0.875. The second-order valence-corrected chi connectivity index (χ2v) is 6.27. The summed E-state index contributed by atoms with van der Waals surface area (Å²) >= 11 is 0. The van der Waals surface area contributed by atoms with Gasteiger partial charge in [0.15, 0.2) is 0 Å². The van der Waals surface area contributed by atoms with Crippen LogP contribution in [0.25, 0.3) is 0 Å². The average molecular weight is 290 g/mol. The highest BCUT2D eigenvalue weighted by Gasteiger charge is 2.42. The molecule has 1 aliphatic heterocycles. The van der Waals surface area contributed by atoms with E-state index in [1.165, 1.54) is 32.1 Å². The van der Waals surface area contributed by atoms with Crippen LogP contribution in [0, 0.1) is 5.92 Å². The molecule has 21 heavy (non-hydrogen) atoms. The maximum absolute atomic E-state index is 5.98. The van der Waals surface area contributed by atoms with Gasteiger partial charge in [-0.1, -0.05) is 6.07 Å². The first-order valence-corrected chi connectivity index (χ1v) is 8.23. The third kappa shape index (κ3) is 3.74. The van der Waals surface area contributed by atoms with Gasteiger partial charge in [-0.2, -0.15) is 0 Å². The molecule has 4 heteroatoms. The molecule has 2 fully saturated rings. The first-order valence-electron chi connectivity index (χ1n) is 8.23. The van der Waals surface area contributed by atoms with Crippen LogP contribution in [0.4, 0.5) is 0 Å².